The van der Waals surface area contributed by atoms with Gasteiger partial charge in [0.15, 0.2) is 6.61 Å². The molecule has 0 spiro atoms. The van der Waals surface area contributed by atoms with Gasteiger partial charge in [0.2, 0.25) is 0 Å². The first-order valence-electron chi connectivity index (χ1n) is 8.40. The fraction of sp³-hybridized carbons (Fsp3) is 0.150. The summed E-state index contributed by atoms with van der Waals surface area (Å²) in [7, 11) is 0. The predicted octanol–water partition coefficient (Wildman–Crippen LogP) is 4.08. The summed E-state index contributed by atoms with van der Waals surface area (Å²) in [4.78, 5) is 24.3. The van der Waals surface area contributed by atoms with Gasteiger partial charge in [-0.1, -0.05) is 29.8 Å². The summed E-state index contributed by atoms with van der Waals surface area (Å²) in [6.45, 7) is 3.08. The molecule has 1 N–H and O–H groups in total. The van der Waals surface area contributed by atoms with E-state index in [0.29, 0.717) is 11.4 Å². The molecular formula is C20H17ClFN3O3. The van der Waals surface area contributed by atoms with Gasteiger partial charge in [-0.25, -0.2) is 13.9 Å². The average Bonchev–Trinajstić information content (AvgIpc) is 2.95. The zero-order valence-corrected chi connectivity index (χ0v) is 16.0. The van der Waals surface area contributed by atoms with E-state index in [1.165, 1.54) is 6.07 Å². The van der Waals surface area contributed by atoms with E-state index in [2.05, 4.69) is 10.4 Å². The number of aryl methyl sites for hydroxylation is 1. The van der Waals surface area contributed by atoms with Crippen molar-refractivity contribution in [3.05, 3.63) is 76.3 Å². The Bertz CT molecular complexity index is 1030. The molecule has 3 aromatic rings. The van der Waals surface area contributed by atoms with Crippen molar-refractivity contribution in [3.8, 4) is 5.69 Å². The van der Waals surface area contributed by atoms with Crippen LogP contribution in [0.1, 0.15) is 21.7 Å². The average molecular weight is 402 g/mol. The third-order valence-corrected chi connectivity index (χ3v) is 4.35. The number of rotatable bonds is 5. The minimum absolute atomic E-state index is 0.0138. The number of hydrogen-bond acceptors (Lipinski definition) is 4. The molecule has 0 bridgehead atoms. The Hall–Kier alpha value is -3.19. The van der Waals surface area contributed by atoms with Gasteiger partial charge in [0, 0.05) is 0 Å². The van der Waals surface area contributed by atoms with Crippen molar-refractivity contribution >= 4 is 29.2 Å². The van der Waals surface area contributed by atoms with Crippen LogP contribution in [0, 0.1) is 19.7 Å². The SMILES string of the molecule is Cc1nn(-c2ccccc2)c(C)c1NC(=O)COC(=O)c1ccc(F)cc1Cl. The molecule has 1 amide bonds. The molecule has 0 saturated heterocycles. The zero-order valence-electron chi connectivity index (χ0n) is 15.2. The molecule has 6 nitrogen and oxygen atoms in total. The number of hydrogen-bond donors (Lipinski definition) is 1. The monoisotopic (exact) mass is 401 g/mol. The molecule has 8 heteroatoms. The van der Waals surface area contributed by atoms with E-state index in [1.807, 2.05) is 37.3 Å². The number of ether oxygens (including phenoxy) is 1. The minimum atomic E-state index is -0.812. The van der Waals surface area contributed by atoms with Gasteiger partial charge in [-0.15, -0.1) is 0 Å². The van der Waals surface area contributed by atoms with E-state index in [0.717, 1.165) is 23.5 Å². The number of nitrogens with one attached hydrogen (secondary N) is 1. The standard InChI is InChI=1S/C20H17ClFN3O3/c1-12-19(13(2)25(24-12)15-6-4-3-5-7-15)23-18(26)11-28-20(27)16-9-8-14(22)10-17(16)21/h3-10H,11H2,1-2H3,(H,23,26). The van der Waals surface area contributed by atoms with Crippen molar-refractivity contribution in [1.29, 1.82) is 0 Å². The molecule has 144 valence electrons. The van der Waals surface area contributed by atoms with Gasteiger partial charge < -0.3 is 10.1 Å². The van der Waals surface area contributed by atoms with Gasteiger partial charge in [-0.3, -0.25) is 4.79 Å². The van der Waals surface area contributed by atoms with E-state index >= 15 is 0 Å². The lowest BCUT2D eigenvalue weighted by Crippen LogP contribution is -2.21. The van der Waals surface area contributed by atoms with Crippen LogP contribution in [0.5, 0.6) is 0 Å². The molecule has 1 aromatic heterocycles. The normalized spacial score (nSPS) is 10.6. The molecule has 0 aliphatic heterocycles. The largest absolute Gasteiger partial charge is 0.452 e. The number of anilines is 1. The van der Waals surface area contributed by atoms with Gasteiger partial charge >= 0.3 is 5.97 Å². The molecule has 3 rings (SSSR count). The van der Waals surface area contributed by atoms with Gasteiger partial charge in [-0.2, -0.15) is 5.10 Å². The highest BCUT2D eigenvalue weighted by molar-refractivity contribution is 6.33. The predicted molar refractivity (Wildman–Crippen MR) is 103 cm³/mol. The van der Waals surface area contributed by atoms with Crippen LogP contribution in [-0.2, 0) is 9.53 Å². The highest BCUT2D eigenvalue weighted by atomic mass is 35.5. The molecule has 1 heterocycles. The van der Waals surface area contributed by atoms with E-state index in [1.54, 1.807) is 11.6 Å². The number of para-hydroxylation sites is 1. The molecule has 0 aliphatic carbocycles. The maximum atomic E-state index is 13.1. The quantitative estimate of drug-likeness (QED) is 0.654. The number of carbonyl (C=O) groups excluding carboxylic acids is 2. The van der Waals surface area contributed by atoms with Gasteiger partial charge in [0.1, 0.15) is 5.82 Å². The topological polar surface area (TPSA) is 73.2 Å². The second-order valence-electron chi connectivity index (χ2n) is 6.04. The van der Waals surface area contributed by atoms with Gasteiger partial charge in [0.05, 0.1) is 33.3 Å². The van der Waals surface area contributed by atoms with Crippen LogP contribution in [0.4, 0.5) is 10.1 Å². The van der Waals surface area contributed by atoms with Gasteiger partial charge in [0.25, 0.3) is 5.91 Å². The molecule has 0 fully saturated rings. The molecule has 28 heavy (non-hydrogen) atoms. The lowest BCUT2D eigenvalue weighted by molar-refractivity contribution is -0.119. The first-order valence-corrected chi connectivity index (χ1v) is 8.78. The van der Waals surface area contributed by atoms with E-state index < -0.39 is 24.3 Å². The van der Waals surface area contributed by atoms with E-state index in [4.69, 9.17) is 16.3 Å². The van der Waals surface area contributed by atoms with Crippen molar-refractivity contribution in [2.75, 3.05) is 11.9 Å². The Morgan fingerprint density at radius 3 is 2.57 bits per heavy atom. The summed E-state index contributed by atoms with van der Waals surface area (Å²) in [5.41, 5.74) is 2.76. The lowest BCUT2D eigenvalue weighted by Gasteiger charge is -2.08. The first-order chi connectivity index (χ1) is 13.4. The Balaban J connectivity index is 1.67. The lowest BCUT2D eigenvalue weighted by atomic mass is 10.2. The Morgan fingerprint density at radius 2 is 1.89 bits per heavy atom. The summed E-state index contributed by atoms with van der Waals surface area (Å²) >= 11 is 5.82. The van der Waals surface area contributed by atoms with Crippen molar-refractivity contribution in [2.45, 2.75) is 13.8 Å². The summed E-state index contributed by atoms with van der Waals surface area (Å²) in [6.07, 6.45) is 0. The van der Waals surface area contributed by atoms with Crippen LogP contribution < -0.4 is 5.32 Å². The number of carbonyl (C=O) groups is 2. The third-order valence-electron chi connectivity index (χ3n) is 4.04. The Morgan fingerprint density at radius 1 is 1.18 bits per heavy atom. The molecule has 0 unspecified atom stereocenters. The van der Waals surface area contributed by atoms with Crippen LogP contribution in [0.15, 0.2) is 48.5 Å². The molecule has 0 atom stereocenters. The first kappa shape index (κ1) is 19.6. The van der Waals surface area contributed by atoms with Crippen LogP contribution in [0.2, 0.25) is 5.02 Å². The summed E-state index contributed by atoms with van der Waals surface area (Å²) < 4.78 is 19.7. The summed E-state index contributed by atoms with van der Waals surface area (Å²) in [5, 5.41) is 7.06. The molecule has 0 radical (unpaired) electrons. The Kier molecular flexibility index (Phi) is 5.75. The van der Waals surface area contributed by atoms with Crippen LogP contribution >= 0.6 is 11.6 Å². The fourth-order valence-corrected chi connectivity index (χ4v) is 2.93. The fourth-order valence-electron chi connectivity index (χ4n) is 2.68. The molecule has 0 aliphatic rings. The summed E-state index contributed by atoms with van der Waals surface area (Å²) in [5.74, 6) is -1.90. The number of amides is 1. The molecular weight excluding hydrogens is 385 g/mol. The number of esters is 1. The van der Waals surface area contributed by atoms with Crippen LogP contribution in [0.3, 0.4) is 0 Å². The maximum absolute atomic E-state index is 13.1. The maximum Gasteiger partial charge on any atom is 0.340 e. The van der Waals surface area contributed by atoms with Crippen molar-refractivity contribution < 1.29 is 18.7 Å². The number of aromatic nitrogens is 2. The summed E-state index contributed by atoms with van der Waals surface area (Å²) in [6, 6.07) is 12.8. The van der Waals surface area contributed by atoms with Crippen molar-refractivity contribution in [3.63, 3.8) is 0 Å². The number of benzene rings is 2. The van der Waals surface area contributed by atoms with Crippen molar-refractivity contribution in [2.24, 2.45) is 0 Å². The van der Waals surface area contributed by atoms with Crippen molar-refractivity contribution in [1.82, 2.24) is 9.78 Å². The minimum Gasteiger partial charge on any atom is -0.452 e. The third kappa shape index (κ3) is 4.20. The molecule has 2 aromatic carbocycles. The highest BCUT2D eigenvalue weighted by Crippen LogP contribution is 2.23. The number of nitrogens with zero attached hydrogens (tertiary/aromatic N) is 2. The second-order valence-corrected chi connectivity index (χ2v) is 6.45. The number of halogens is 2. The van der Waals surface area contributed by atoms with E-state index in [9.17, 15) is 14.0 Å². The second kappa shape index (κ2) is 8.22. The van der Waals surface area contributed by atoms with Crippen LogP contribution in [-0.4, -0.2) is 28.3 Å². The van der Waals surface area contributed by atoms with Crippen LogP contribution in [0.25, 0.3) is 5.69 Å². The van der Waals surface area contributed by atoms with E-state index in [-0.39, 0.29) is 10.6 Å². The zero-order chi connectivity index (χ0) is 20.3. The Labute approximate surface area is 165 Å². The smallest absolute Gasteiger partial charge is 0.340 e. The molecule has 0 saturated carbocycles. The highest BCUT2D eigenvalue weighted by Gasteiger charge is 2.18. The van der Waals surface area contributed by atoms with Gasteiger partial charge in [-0.05, 0) is 44.2 Å².